The molecule has 0 spiro atoms. The smallest absolute Gasteiger partial charge is 0.220 e. The van der Waals surface area contributed by atoms with Gasteiger partial charge < -0.3 is 15.5 Å². The standard InChI is InChI=1S/C34H67NO3/c1-3-5-7-9-11-13-15-17-19-21-23-25-27-29-33(37)32(31-36)35-34(38)30-28-26-24-22-20-18-16-14-12-10-8-6-4-2/h27,29,32-33,36-37H,3-26,28,30-31H2,1-2H3,(H,35,38)/b29-27+/t32-,33+/m0/s1/i31+1D2,32+1. The van der Waals surface area contributed by atoms with Gasteiger partial charge in [0.05, 0.1) is 21.4 Å². The predicted octanol–water partition coefficient (Wildman–Crippen LogP) is 9.56. The third-order valence-corrected chi connectivity index (χ3v) is 7.61. The van der Waals surface area contributed by atoms with Crippen LogP contribution in [-0.2, 0) is 4.79 Å². The van der Waals surface area contributed by atoms with Gasteiger partial charge in [-0.15, -0.1) is 0 Å². The maximum atomic E-state index is 12.4. The fourth-order valence-electron chi connectivity index (χ4n) is 5.02. The lowest BCUT2D eigenvalue weighted by molar-refractivity contribution is -0.123. The number of nitrogens with one attached hydrogen (secondary N) is 1. The normalized spacial score (nSPS) is 14.4. The van der Waals surface area contributed by atoms with Gasteiger partial charge in [0.2, 0.25) is 5.91 Å². The van der Waals surface area contributed by atoms with Gasteiger partial charge in [0.15, 0.2) is 0 Å². The fraction of sp³-hybridized carbons (Fsp3) is 0.912. The molecule has 2 atom stereocenters. The molecule has 0 unspecified atom stereocenters. The van der Waals surface area contributed by atoms with E-state index in [2.05, 4.69) is 19.2 Å². The minimum atomic E-state index is -2.69. The molecule has 0 aromatic rings. The van der Waals surface area contributed by atoms with E-state index < -0.39 is 18.7 Å². The summed E-state index contributed by atoms with van der Waals surface area (Å²) in [6.07, 6.45) is 33.3. The Morgan fingerprint density at radius 2 is 1.03 bits per heavy atom. The summed E-state index contributed by atoms with van der Waals surface area (Å²) in [5, 5.41) is 22.9. The third kappa shape index (κ3) is 26.7. The number of allylic oxidation sites excluding steroid dienone is 1. The Bertz CT molecular complexity index is 580. The van der Waals surface area contributed by atoms with Crippen LogP contribution < -0.4 is 5.32 Å². The van der Waals surface area contributed by atoms with E-state index in [0.717, 1.165) is 38.5 Å². The van der Waals surface area contributed by atoms with E-state index in [1.165, 1.54) is 128 Å². The van der Waals surface area contributed by atoms with Crippen LogP contribution in [0.25, 0.3) is 0 Å². The molecule has 0 fully saturated rings. The maximum absolute atomic E-state index is 12.4. The van der Waals surface area contributed by atoms with Crippen molar-refractivity contribution < 1.29 is 17.7 Å². The van der Waals surface area contributed by atoms with Crippen LogP contribution in [0.1, 0.15) is 184 Å². The number of unbranched alkanes of at least 4 members (excludes halogenated alkanes) is 23. The van der Waals surface area contributed by atoms with E-state index in [1.807, 2.05) is 6.08 Å². The molecule has 0 saturated carbocycles. The van der Waals surface area contributed by atoms with Gasteiger partial charge in [0.25, 0.3) is 0 Å². The summed E-state index contributed by atoms with van der Waals surface area (Å²) in [7, 11) is 0. The summed E-state index contributed by atoms with van der Waals surface area (Å²) >= 11 is 0. The molecule has 4 nitrogen and oxygen atoms in total. The summed E-state index contributed by atoms with van der Waals surface area (Å²) in [6, 6.07) is -1.37. The summed E-state index contributed by atoms with van der Waals surface area (Å²) in [5.74, 6) is -0.316. The van der Waals surface area contributed by atoms with Gasteiger partial charge in [0, 0.05) is 6.42 Å². The number of amides is 1. The molecule has 0 bridgehead atoms. The van der Waals surface area contributed by atoms with Gasteiger partial charge in [-0.2, -0.15) is 0 Å². The molecule has 0 aliphatic carbocycles. The predicted molar refractivity (Wildman–Crippen MR) is 166 cm³/mol. The molecule has 0 aliphatic rings. The highest BCUT2D eigenvalue weighted by molar-refractivity contribution is 5.76. The molecule has 226 valence electrons. The SMILES string of the molecule is [2H][13C]([2H])(O)[13C@H](NC(=O)CCCCCCCCCCCCCCC)[C@H](O)/C=C/CCCCCCCCCCCCC. The molecule has 0 radical (unpaired) electrons. The van der Waals surface area contributed by atoms with E-state index in [4.69, 9.17) is 2.74 Å². The van der Waals surface area contributed by atoms with Crippen LogP contribution in [0.15, 0.2) is 12.2 Å². The molecular weight excluding hydrogens is 472 g/mol. The molecule has 1 amide bonds. The van der Waals surface area contributed by atoms with E-state index in [1.54, 1.807) is 0 Å². The quantitative estimate of drug-likeness (QED) is 0.0481. The van der Waals surface area contributed by atoms with Crippen molar-refractivity contribution in [3.63, 3.8) is 0 Å². The first-order valence-corrected chi connectivity index (χ1v) is 16.7. The highest BCUT2D eigenvalue weighted by Crippen LogP contribution is 2.14. The molecule has 0 aliphatic heterocycles. The number of rotatable bonds is 30. The van der Waals surface area contributed by atoms with Gasteiger partial charge in [-0.25, -0.2) is 0 Å². The van der Waals surface area contributed by atoms with E-state index in [0.29, 0.717) is 6.42 Å². The lowest BCUT2D eigenvalue weighted by Crippen LogP contribution is -2.45. The summed E-state index contributed by atoms with van der Waals surface area (Å²) < 4.78 is 15.4. The summed E-state index contributed by atoms with van der Waals surface area (Å²) in [6.45, 7) is 1.81. The molecule has 0 rings (SSSR count). The number of hydrogen-bond donors (Lipinski definition) is 3. The monoisotopic (exact) mass is 542 g/mol. The summed E-state index contributed by atoms with van der Waals surface area (Å²) in [4.78, 5) is 12.4. The van der Waals surface area contributed by atoms with Gasteiger partial charge in [-0.1, -0.05) is 167 Å². The van der Waals surface area contributed by atoms with Crippen molar-refractivity contribution in [2.75, 3.05) is 6.56 Å². The Morgan fingerprint density at radius 1 is 0.658 bits per heavy atom. The first kappa shape index (κ1) is 33.3. The molecule has 38 heavy (non-hydrogen) atoms. The minimum Gasteiger partial charge on any atom is -0.394 e. The molecule has 3 N–H and O–H groups in total. The largest absolute Gasteiger partial charge is 0.394 e. The van der Waals surface area contributed by atoms with Crippen molar-refractivity contribution in [1.82, 2.24) is 5.32 Å². The zero-order chi connectivity index (χ0) is 29.7. The maximum Gasteiger partial charge on any atom is 0.220 e. The van der Waals surface area contributed by atoms with Crippen LogP contribution in [0.2, 0.25) is 0 Å². The van der Waals surface area contributed by atoms with Crippen molar-refractivity contribution in [3.8, 4) is 0 Å². The van der Waals surface area contributed by atoms with Crippen LogP contribution in [0, 0.1) is 0 Å². The van der Waals surface area contributed by atoms with Gasteiger partial charge >= 0.3 is 0 Å². The van der Waals surface area contributed by atoms with Crippen LogP contribution >= 0.6 is 0 Å². The summed E-state index contributed by atoms with van der Waals surface area (Å²) in [5.41, 5.74) is 0. The minimum absolute atomic E-state index is 0.291. The second-order valence-electron chi connectivity index (χ2n) is 11.4. The molecular formula is C34H67NO3. The number of carbonyl (C=O) groups is 1. The molecule has 0 saturated heterocycles. The number of aliphatic hydroxyl groups is 2. The van der Waals surface area contributed by atoms with Crippen LogP contribution in [0.3, 0.4) is 0 Å². The average molecular weight is 542 g/mol. The third-order valence-electron chi connectivity index (χ3n) is 7.61. The van der Waals surface area contributed by atoms with Crippen molar-refractivity contribution >= 4 is 5.91 Å². The molecule has 0 heterocycles. The fourth-order valence-corrected chi connectivity index (χ4v) is 5.02. The topological polar surface area (TPSA) is 69.6 Å². The second kappa shape index (κ2) is 30.7. The van der Waals surface area contributed by atoms with Crippen molar-refractivity contribution in [2.45, 2.75) is 193 Å². The first-order valence-electron chi connectivity index (χ1n) is 17.7. The van der Waals surface area contributed by atoms with Crippen molar-refractivity contribution in [3.05, 3.63) is 12.2 Å². The average Bonchev–Trinajstić information content (AvgIpc) is 2.91. The number of aliphatic hydroxyl groups excluding tert-OH is 1. The highest BCUT2D eigenvalue weighted by Gasteiger charge is 2.17. The number of hydrogen-bond acceptors (Lipinski definition) is 3. The Balaban J connectivity index is 3.91. The molecule has 0 aromatic heterocycles. The first-order chi connectivity index (χ1) is 19.3. The van der Waals surface area contributed by atoms with Crippen LogP contribution in [0.4, 0.5) is 0 Å². The second-order valence-corrected chi connectivity index (χ2v) is 11.4. The van der Waals surface area contributed by atoms with Gasteiger partial charge in [0.1, 0.15) is 0 Å². The van der Waals surface area contributed by atoms with Crippen LogP contribution in [0.5, 0.6) is 0 Å². The Labute approximate surface area is 240 Å². The molecule has 0 aromatic carbocycles. The van der Waals surface area contributed by atoms with E-state index >= 15 is 0 Å². The van der Waals surface area contributed by atoms with Crippen molar-refractivity contribution in [2.24, 2.45) is 0 Å². The lowest BCUT2D eigenvalue weighted by Gasteiger charge is -2.20. The lowest BCUT2D eigenvalue weighted by atomic mass is 10.0. The van der Waals surface area contributed by atoms with E-state index in [9.17, 15) is 15.0 Å². The van der Waals surface area contributed by atoms with Crippen molar-refractivity contribution in [1.29, 1.82) is 0 Å². The van der Waals surface area contributed by atoms with Gasteiger partial charge in [-0.05, 0) is 19.3 Å². The van der Waals surface area contributed by atoms with E-state index in [-0.39, 0.29) is 5.91 Å². The van der Waals surface area contributed by atoms with Gasteiger partial charge in [-0.3, -0.25) is 4.79 Å². The number of carbonyl (C=O) groups excluding carboxylic acids is 1. The zero-order valence-electron chi connectivity index (χ0n) is 27.5. The van der Waals surface area contributed by atoms with Crippen LogP contribution in [-0.4, -0.2) is 34.8 Å². The Kier molecular flexibility index (Phi) is 26.9. The highest BCUT2D eigenvalue weighted by atomic mass is 16.4. The molecule has 4 heteroatoms. The zero-order valence-corrected chi connectivity index (χ0v) is 25.5. The Morgan fingerprint density at radius 3 is 1.42 bits per heavy atom. The Hall–Kier alpha value is -0.870.